The number of methoxy groups -OCH3 is 1. The molecule has 0 saturated heterocycles. The molecule has 0 amide bonds. The van der Waals surface area contributed by atoms with Crippen LogP contribution < -0.4 is 0 Å². The number of fused-ring (bicyclic) bond motifs is 1. The summed E-state index contributed by atoms with van der Waals surface area (Å²) >= 11 is 0. The van der Waals surface area contributed by atoms with Crippen molar-refractivity contribution in [3.63, 3.8) is 0 Å². The van der Waals surface area contributed by atoms with Gasteiger partial charge in [-0.2, -0.15) is 0 Å². The van der Waals surface area contributed by atoms with Gasteiger partial charge in [0.1, 0.15) is 5.69 Å². The van der Waals surface area contributed by atoms with Crippen LogP contribution in [0.5, 0.6) is 0 Å². The van der Waals surface area contributed by atoms with Gasteiger partial charge in [-0.15, -0.1) is 0 Å². The Bertz CT molecular complexity index is 807. The molecule has 3 aromatic rings. The first-order valence-corrected chi connectivity index (χ1v) is 7.26. The van der Waals surface area contributed by atoms with E-state index in [0.29, 0.717) is 12.3 Å². The van der Waals surface area contributed by atoms with Crippen LogP contribution in [0.4, 0.5) is 0 Å². The second kappa shape index (κ2) is 6.12. The number of ketones is 1. The fourth-order valence-electron chi connectivity index (χ4n) is 2.81. The van der Waals surface area contributed by atoms with Crippen LogP contribution >= 0.6 is 0 Å². The Morgan fingerprint density at radius 1 is 1.18 bits per heavy atom. The molecule has 0 radical (unpaired) electrons. The molecule has 112 valence electrons. The van der Waals surface area contributed by atoms with E-state index >= 15 is 0 Å². The maximum Gasteiger partial charge on any atom is 0.213 e. The van der Waals surface area contributed by atoms with Crippen molar-refractivity contribution in [3.05, 3.63) is 65.6 Å². The number of ether oxygens (including phenoxy) is 1. The lowest BCUT2D eigenvalue weighted by molar-refractivity contribution is 0.103. The van der Waals surface area contributed by atoms with Crippen LogP contribution in [-0.2, 0) is 11.3 Å². The van der Waals surface area contributed by atoms with Crippen molar-refractivity contribution < 1.29 is 9.53 Å². The van der Waals surface area contributed by atoms with Gasteiger partial charge in [0.2, 0.25) is 5.78 Å². The van der Waals surface area contributed by atoms with Gasteiger partial charge in [-0.05, 0) is 25.1 Å². The van der Waals surface area contributed by atoms with Crippen molar-refractivity contribution in [1.82, 2.24) is 9.55 Å². The Morgan fingerprint density at radius 2 is 1.95 bits per heavy atom. The lowest BCUT2D eigenvalue weighted by Crippen LogP contribution is -2.09. The van der Waals surface area contributed by atoms with Gasteiger partial charge in [0.15, 0.2) is 0 Å². The smallest absolute Gasteiger partial charge is 0.213 e. The van der Waals surface area contributed by atoms with Crippen LogP contribution in [0.3, 0.4) is 0 Å². The second-order valence-electron chi connectivity index (χ2n) is 5.17. The summed E-state index contributed by atoms with van der Waals surface area (Å²) in [6.45, 7) is 3.31. The number of nitrogens with zero attached hydrogens (tertiary/aromatic N) is 2. The third-order valence-electron chi connectivity index (χ3n) is 3.87. The van der Waals surface area contributed by atoms with Crippen LogP contribution in [0, 0.1) is 6.92 Å². The van der Waals surface area contributed by atoms with Crippen LogP contribution in [-0.4, -0.2) is 29.1 Å². The number of hydrogen-bond donors (Lipinski definition) is 0. The number of rotatable bonds is 5. The molecule has 4 nitrogen and oxygen atoms in total. The Balaban J connectivity index is 2.17. The Labute approximate surface area is 129 Å². The molecule has 22 heavy (non-hydrogen) atoms. The molecular weight excluding hydrogens is 276 g/mol. The molecule has 0 fully saturated rings. The Kier molecular flexibility index (Phi) is 4.02. The highest BCUT2D eigenvalue weighted by Crippen LogP contribution is 2.27. The number of pyridine rings is 1. The summed E-state index contributed by atoms with van der Waals surface area (Å²) < 4.78 is 7.32. The summed E-state index contributed by atoms with van der Waals surface area (Å²) in [4.78, 5) is 17.1. The maximum atomic E-state index is 12.9. The molecule has 0 unspecified atom stereocenters. The fourth-order valence-corrected chi connectivity index (χ4v) is 2.81. The van der Waals surface area contributed by atoms with Gasteiger partial charge in [-0.25, -0.2) is 0 Å². The Morgan fingerprint density at radius 3 is 2.68 bits per heavy atom. The number of carbonyl (C=O) groups excluding carboxylic acids is 1. The standard InChI is InChI=1S/C18H18N2O2/c1-13-17(18(21)15-8-5-6-10-19-15)14-7-3-4-9-16(14)20(13)11-12-22-2/h3-10H,11-12H2,1-2H3. The van der Waals surface area contributed by atoms with E-state index in [1.807, 2.05) is 43.3 Å². The zero-order valence-corrected chi connectivity index (χ0v) is 12.7. The first-order valence-electron chi connectivity index (χ1n) is 7.26. The van der Waals surface area contributed by atoms with Crippen molar-refractivity contribution in [2.45, 2.75) is 13.5 Å². The number of hydrogen-bond acceptors (Lipinski definition) is 3. The van der Waals surface area contributed by atoms with E-state index in [-0.39, 0.29) is 5.78 Å². The summed E-state index contributed by atoms with van der Waals surface area (Å²) in [5, 5.41) is 0.965. The fraction of sp³-hybridized carbons (Fsp3) is 0.222. The van der Waals surface area contributed by atoms with Gasteiger partial charge >= 0.3 is 0 Å². The van der Waals surface area contributed by atoms with Gasteiger partial charge in [-0.1, -0.05) is 24.3 Å². The first kappa shape index (κ1) is 14.5. The molecule has 0 aliphatic rings. The van der Waals surface area contributed by atoms with Crippen molar-refractivity contribution in [1.29, 1.82) is 0 Å². The predicted octanol–water partition coefficient (Wildman–Crippen LogP) is 3.22. The van der Waals surface area contributed by atoms with Gasteiger partial charge in [-0.3, -0.25) is 9.78 Å². The highest BCUT2D eigenvalue weighted by Gasteiger charge is 2.21. The van der Waals surface area contributed by atoms with Crippen LogP contribution in [0.15, 0.2) is 48.7 Å². The summed E-state index contributed by atoms with van der Waals surface area (Å²) in [5.41, 5.74) is 3.20. The minimum Gasteiger partial charge on any atom is -0.383 e. The minimum absolute atomic E-state index is 0.0366. The van der Waals surface area contributed by atoms with E-state index < -0.39 is 0 Å². The molecule has 0 aliphatic carbocycles. The van der Waals surface area contributed by atoms with E-state index in [1.165, 1.54) is 0 Å². The molecule has 0 spiro atoms. The van der Waals surface area contributed by atoms with Crippen molar-refractivity contribution in [2.24, 2.45) is 0 Å². The lowest BCUT2D eigenvalue weighted by Gasteiger charge is -2.07. The largest absolute Gasteiger partial charge is 0.383 e. The predicted molar refractivity (Wildman–Crippen MR) is 86.2 cm³/mol. The number of aromatic nitrogens is 2. The van der Waals surface area contributed by atoms with E-state index in [0.717, 1.165) is 28.7 Å². The summed E-state index contributed by atoms with van der Waals surface area (Å²) in [6, 6.07) is 13.4. The zero-order valence-electron chi connectivity index (χ0n) is 12.7. The van der Waals surface area contributed by atoms with Crippen molar-refractivity contribution in [2.75, 3.05) is 13.7 Å². The highest BCUT2D eigenvalue weighted by molar-refractivity contribution is 6.16. The molecule has 0 saturated carbocycles. The normalized spacial score (nSPS) is 11.0. The average molecular weight is 294 g/mol. The molecule has 3 rings (SSSR count). The van der Waals surface area contributed by atoms with Crippen molar-refractivity contribution >= 4 is 16.7 Å². The van der Waals surface area contributed by atoms with Crippen LogP contribution in [0.25, 0.3) is 10.9 Å². The van der Waals surface area contributed by atoms with E-state index in [4.69, 9.17) is 4.74 Å². The molecule has 0 N–H and O–H groups in total. The zero-order chi connectivity index (χ0) is 15.5. The van der Waals surface area contributed by atoms with Gasteiger partial charge in [0.25, 0.3) is 0 Å². The lowest BCUT2D eigenvalue weighted by atomic mass is 10.0. The number of carbonyl (C=O) groups is 1. The topological polar surface area (TPSA) is 44.1 Å². The number of benzene rings is 1. The van der Waals surface area contributed by atoms with E-state index in [9.17, 15) is 4.79 Å². The third kappa shape index (κ3) is 2.42. The molecular formula is C18H18N2O2. The molecule has 4 heteroatoms. The molecule has 0 atom stereocenters. The van der Waals surface area contributed by atoms with Gasteiger partial charge in [0.05, 0.1) is 12.2 Å². The van der Waals surface area contributed by atoms with Crippen LogP contribution in [0.2, 0.25) is 0 Å². The molecule has 0 aliphatic heterocycles. The molecule has 1 aromatic carbocycles. The van der Waals surface area contributed by atoms with Gasteiger partial charge in [0, 0.05) is 36.4 Å². The highest BCUT2D eigenvalue weighted by atomic mass is 16.5. The maximum absolute atomic E-state index is 12.9. The number of para-hydroxylation sites is 1. The molecule has 0 bridgehead atoms. The Hall–Kier alpha value is -2.46. The van der Waals surface area contributed by atoms with Crippen molar-refractivity contribution in [3.8, 4) is 0 Å². The molecule has 2 heterocycles. The second-order valence-corrected chi connectivity index (χ2v) is 5.17. The first-order chi connectivity index (χ1) is 10.7. The summed E-state index contributed by atoms with van der Waals surface area (Å²) in [7, 11) is 1.68. The quantitative estimate of drug-likeness (QED) is 0.679. The molecule has 2 aromatic heterocycles. The summed E-state index contributed by atoms with van der Waals surface area (Å²) in [5.74, 6) is -0.0366. The minimum atomic E-state index is -0.0366. The van der Waals surface area contributed by atoms with Crippen LogP contribution in [0.1, 0.15) is 21.7 Å². The average Bonchev–Trinajstić information content (AvgIpc) is 2.85. The van der Waals surface area contributed by atoms with E-state index in [2.05, 4.69) is 9.55 Å². The summed E-state index contributed by atoms with van der Waals surface area (Å²) in [6.07, 6.45) is 1.65. The van der Waals surface area contributed by atoms with E-state index in [1.54, 1.807) is 19.4 Å². The monoisotopic (exact) mass is 294 g/mol. The van der Waals surface area contributed by atoms with Gasteiger partial charge < -0.3 is 9.30 Å². The third-order valence-corrected chi connectivity index (χ3v) is 3.87. The SMILES string of the molecule is COCCn1c(C)c(C(=O)c2ccccn2)c2ccccc21.